The molecule has 0 amide bonds. The van der Waals surface area contributed by atoms with Crippen molar-refractivity contribution in [1.29, 1.82) is 0 Å². The van der Waals surface area contributed by atoms with E-state index in [9.17, 15) is 18.0 Å². The molecule has 2 aromatic heterocycles. The Labute approximate surface area is 97.3 Å². The summed E-state index contributed by atoms with van der Waals surface area (Å²) in [5, 5.41) is 11.9. The second-order valence-electron chi connectivity index (χ2n) is 3.10. The van der Waals surface area contributed by atoms with Gasteiger partial charge < -0.3 is 5.11 Å². The van der Waals surface area contributed by atoms with E-state index in [0.717, 1.165) is 6.20 Å². The molecule has 0 atom stereocenters. The zero-order valence-corrected chi connectivity index (χ0v) is 8.83. The molecule has 2 aromatic rings. The third-order valence-corrected chi connectivity index (χ3v) is 2.21. The van der Waals surface area contributed by atoms with Crippen LogP contribution in [0.3, 0.4) is 0 Å². The largest absolute Gasteiger partial charge is 0.477 e. The van der Waals surface area contributed by atoms with Gasteiger partial charge in [0.1, 0.15) is 5.56 Å². The van der Waals surface area contributed by atoms with Crippen LogP contribution in [0.4, 0.5) is 13.2 Å². The van der Waals surface area contributed by atoms with Gasteiger partial charge in [-0.3, -0.25) is 0 Å². The van der Waals surface area contributed by atoms with E-state index in [4.69, 9.17) is 5.11 Å². The molecule has 90 valence electrons. The summed E-state index contributed by atoms with van der Waals surface area (Å²) in [6.07, 6.45) is -3.85. The molecule has 0 aliphatic carbocycles. The molecule has 0 bridgehead atoms. The van der Waals surface area contributed by atoms with E-state index in [1.807, 2.05) is 0 Å². The first-order valence-electron chi connectivity index (χ1n) is 4.19. The summed E-state index contributed by atoms with van der Waals surface area (Å²) >= 11 is 3.71. The zero-order valence-electron chi connectivity index (χ0n) is 7.93. The maximum absolute atomic E-state index is 12.6. The quantitative estimate of drug-likeness (QED) is 0.607. The Kier molecular flexibility index (Phi) is 2.49. The highest BCUT2D eigenvalue weighted by Crippen LogP contribution is 2.30. The molecule has 0 saturated heterocycles. The number of carboxylic acids is 1. The molecule has 2 heterocycles. The van der Waals surface area contributed by atoms with Crippen LogP contribution < -0.4 is 0 Å². The molecule has 17 heavy (non-hydrogen) atoms. The predicted molar refractivity (Wildman–Crippen MR) is 52.2 cm³/mol. The smallest absolute Gasteiger partial charge is 0.433 e. The second-order valence-corrected chi connectivity index (χ2v) is 3.55. The van der Waals surface area contributed by atoms with Gasteiger partial charge >= 0.3 is 12.1 Å². The number of rotatable bonds is 1. The van der Waals surface area contributed by atoms with Crippen molar-refractivity contribution >= 4 is 24.2 Å². The van der Waals surface area contributed by atoms with Crippen LogP contribution in [0, 0.1) is 0 Å². The van der Waals surface area contributed by atoms with Crippen molar-refractivity contribution in [2.75, 3.05) is 0 Å². The van der Waals surface area contributed by atoms with Crippen LogP contribution in [0.25, 0.3) is 5.65 Å². The van der Waals surface area contributed by atoms with Gasteiger partial charge in [-0.2, -0.15) is 18.3 Å². The first kappa shape index (κ1) is 11.7. The lowest BCUT2D eigenvalue weighted by Gasteiger charge is -2.08. The monoisotopic (exact) mass is 263 g/mol. The van der Waals surface area contributed by atoms with E-state index in [-0.39, 0.29) is 5.03 Å². The van der Waals surface area contributed by atoms with E-state index in [0.29, 0.717) is 10.6 Å². The number of hydrogen-bond acceptors (Lipinski definition) is 4. The number of alkyl halides is 3. The summed E-state index contributed by atoms with van der Waals surface area (Å²) in [5.74, 6) is -1.40. The molecular formula is C8H4F3N3O2S. The second kappa shape index (κ2) is 3.62. The minimum atomic E-state index is -4.67. The number of carboxylic acid groups (broad SMARTS) is 1. The maximum Gasteiger partial charge on any atom is 0.433 e. The van der Waals surface area contributed by atoms with Crippen molar-refractivity contribution in [2.24, 2.45) is 0 Å². The molecule has 0 spiro atoms. The number of nitrogens with zero attached hydrogens (tertiary/aromatic N) is 3. The maximum atomic E-state index is 12.6. The van der Waals surface area contributed by atoms with Crippen LogP contribution in [0.15, 0.2) is 17.3 Å². The number of carbonyl (C=O) groups is 1. The molecule has 1 N–H and O–H groups in total. The molecule has 0 aliphatic heterocycles. The van der Waals surface area contributed by atoms with Crippen LogP contribution in [0.5, 0.6) is 0 Å². The van der Waals surface area contributed by atoms with E-state index >= 15 is 0 Å². The fourth-order valence-corrected chi connectivity index (χ4v) is 1.52. The molecule has 5 nitrogen and oxygen atoms in total. The molecule has 0 aromatic carbocycles. The average Bonchev–Trinajstić information content (AvgIpc) is 2.57. The number of aromatic nitrogens is 3. The van der Waals surface area contributed by atoms with Gasteiger partial charge in [-0.1, -0.05) is 0 Å². The zero-order chi connectivity index (χ0) is 12.8. The first-order valence-corrected chi connectivity index (χ1v) is 4.63. The number of thiol groups is 1. The third kappa shape index (κ3) is 1.93. The van der Waals surface area contributed by atoms with Gasteiger partial charge in [0, 0.05) is 6.07 Å². The lowest BCUT2D eigenvalue weighted by molar-refractivity contribution is -0.142. The Balaban J connectivity index is 2.84. The van der Waals surface area contributed by atoms with Crippen LogP contribution >= 0.6 is 12.6 Å². The van der Waals surface area contributed by atoms with Crippen molar-refractivity contribution in [3.8, 4) is 0 Å². The third-order valence-electron chi connectivity index (χ3n) is 1.98. The fraction of sp³-hybridized carbons (Fsp3) is 0.125. The fourth-order valence-electron chi connectivity index (χ4n) is 1.30. The Morgan fingerprint density at radius 3 is 2.65 bits per heavy atom. The van der Waals surface area contributed by atoms with E-state index < -0.39 is 29.1 Å². The van der Waals surface area contributed by atoms with Gasteiger partial charge in [0.05, 0.1) is 11.2 Å². The van der Waals surface area contributed by atoms with Crippen LogP contribution in [0.2, 0.25) is 0 Å². The Hall–Kier alpha value is -1.77. The molecule has 0 fully saturated rings. The van der Waals surface area contributed by atoms with Crippen LogP contribution in [-0.2, 0) is 6.18 Å². The van der Waals surface area contributed by atoms with Crippen molar-refractivity contribution in [3.05, 3.63) is 23.5 Å². The average molecular weight is 263 g/mol. The summed E-state index contributed by atoms with van der Waals surface area (Å²) in [7, 11) is 0. The Bertz CT molecular complexity index is 608. The molecule has 0 unspecified atom stereocenters. The predicted octanol–water partition coefficient (Wildman–Crippen LogP) is 1.73. The van der Waals surface area contributed by atoms with Gasteiger partial charge in [-0.05, 0) is 0 Å². The summed E-state index contributed by atoms with van der Waals surface area (Å²) in [6.45, 7) is 0. The van der Waals surface area contributed by atoms with Gasteiger partial charge in [-0.15, -0.1) is 12.6 Å². The highest BCUT2D eigenvalue weighted by atomic mass is 32.1. The number of halogens is 3. The van der Waals surface area contributed by atoms with Crippen LogP contribution in [0.1, 0.15) is 16.1 Å². The normalized spacial score (nSPS) is 12.0. The minimum absolute atomic E-state index is 0.229. The van der Waals surface area contributed by atoms with E-state index in [1.165, 1.54) is 0 Å². The summed E-state index contributed by atoms with van der Waals surface area (Å²) < 4.78 is 38.3. The van der Waals surface area contributed by atoms with Gasteiger partial charge in [0.15, 0.2) is 11.3 Å². The topological polar surface area (TPSA) is 67.5 Å². The Morgan fingerprint density at radius 2 is 2.12 bits per heavy atom. The van der Waals surface area contributed by atoms with Crippen LogP contribution in [-0.4, -0.2) is 25.7 Å². The highest BCUT2D eigenvalue weighted by molar-refractivity contribution is 7.80. The SMILES string of the molecule is O=C(O)c1cnn2c(C(F)(F)F)cc(S)nc12. The molecule has 0 radical (unpaired) electrons. The van der Waals surface area contributed by atoms with E-state index in [2.05, 4.69) is 22.7 Å². The summed E-state index contributed by atoms with van der Waals surface area (Å²) in [6, 6.07) is 0.675. The molecule has 9 heteroatoms. The molecule has 0 saturated carbocycles. The summed E-state index contributed by atoms with van der Waals surface area (Å²) in [5.41, 5.74) is -1.93. The van der Waals surface area contributed by atoms with Gasteiger partial charge in [0.25, 0.3) is 0 Å². The van der Waals surface area contributed by atoms with Crippen molar-refractivity contribution in [2.45, 2.75) is 11.2 Å². The van der Waals surface area contributed by atoms with Crippen molar-refractivity contribution < 1.29 is 23.1 Å². The number of aromatic carboxylic acids is 1. The highest BCUT2D eigenvalue weighted by Gasteiger charge is 2.35. The van der Waals surface area contributed by atoms with Gasteiger partial charge in [-0.25, -0.2) is 14.3 Å². The van der Waals surface area contributed by atoms with Crippen molar-refractivity contribution in [1.82, 2.24) is 14.6 Å². The molecule has 2 rings (SSSR count). The van der Waals surface area contributed by atoms with E-state index in [1.54, 1.807) is 0 Å². The lowest BCUT2D eigenvalue weighted by atomic mass is 10.3. The number of fused-ring (bicyclic) bond motifs is 1. The number of hydrogen-bond donors (Lipinski definition) is 2. The van der Waals surface area contributed by atoms with Crippen molar-refractivity contribution in [3.63, 3.8) is 0 Å². The summed E-state index contributed by atoms with van der Waals surface area (Å²) in [4.78, 5) is 14.4. The molecular weight excluding hydrogens is 259 g/mol. The first-order chi connectivity index (χ1) is 7.80. The minimum Gasteiger partial charge on any atom is -0.477 e. The lowest BCUT2D eigenvalue weighted by Crippen LogP contribution is -2.13. The Morgan fingerprint density at radius 1 is 1.47 bits per heavy atom. The molecule has 0 aliphatic rings. The standard InChI is InChI=1S/C8H4F3N3O2S/c9-8(10,11)4-1-5(17)13-6-3(7(15)16)2-12-14(4)6/h1-2H,(H,13,17)(H,15,16). The van der Waals surface area contributed by atoms with Gasteiger partial charge in [0.2, 0.25) is 0 Å².